The van der Waals surface area contributed by atoms with Crippen molar-refractivity contribution in [1.29, 1.82) is 0 Å². The molecule has 5 heteroatoms. The quantitative estimate of drug-likeness (QED) is 0.802. The van der Waals surface area contributed by atoms with Gasteiger partial charge in [-0.25, -0.2) is 9.18 Å². The van der Waals surface area contributed by atoms with Crippen LogP contribution >= 0.6 is 0 Å². The third kappa shape index (κ3) is 4.07. The Hall–Kier alpha value is -2.40. The lowest BCUT2D eigenvalue weighted by Gasteiger charge is -2.08. The number of carbonyl (C=O) groups excluding carboxylic acids is 1. The topological polar surface area (TPSA) is 61.4 Å². The summed E-state index contributed by atoms with van der Waals surface area (Å²) in [7, 11) is 0. The zero-order valence-electron chi connectivity index (χ0n) is 10.8. The van der Waals surface area contributed by atoms with Gasteiger partial charge in [0.05, 0.1) is 6.61 Å². The van der Waals surface area contributed by atoms with Gasteiger partial charge in [0.1, 0.15) is 5.82 Å². The van der Waals surface area contributed by atoms with Crippen molar-refractivity contribution in [2.24, 2.45) is 0 Å². The lowest BCUT2D eigenvalue weighted by atomic mass is 10.1. The highest BCUT2D eigenvalue weighted by atomic mass is 19.1. The molecule has 0 atom stereocenters. The number of halogens is 1. The van der Waals surface area contributed by atoms with Crippen LogP contribution in [0.3, 0.4) is 0 Å². The summed E-state index contributed by atoms with van der Waals surface area (Å²) < 4.78 is 12.7. The highest BCUT2D eigenvalue weighted by Crippen LogP contribution is 2.08. The second-order valence-corrected chi connectivity index (χ2v) is 4.29. The Morgan fingerprint density at radius 2 is 1.80 bits per heavy atom. The second-order valence-electron chi connectivity index (χ2n) is 4.29. The van der Waals surface area contributed by atoms with Crippen LogP contribution in [0.5, 0.6) is 0 Å². The number of hydrogen-bond acceptors (Lipinski definition) is 2. The molecule has 0 aromatic heterocycles. The lowest BCUT2D eigenvalue weighted by molar-refractivity contribution is 0.251. The second kappa shape index (κ2) is 6.68. The van der Waals surface area contributed by atoms with E-state index in [1.54, 1.807) is 0 Å². The van der Waals surface area contributed by atoms with Crippen molar-refractivity contribution in [1.82, 2.24) is 5.32 Å². The fourth-order valence-corrected chi connectivity index (χ4v) is 1.73. The molecule has 0 aliphatic heterocycles. The first-order valence-electron chi connectivity index (χ1n) is 6.16. The maximum Gasteiger partial charge on any atom is 0.319 e. The van der Waals surface area contributed by atoms with Gasteiger partial charge in [0, 0.05) is 12.2 Å². The van der Waals surface area contributed by atoms with E-state index in [0.29, 0.717) is 12.2 Å². The zero-order valence-corrected chi connectivity index (χ0v) is 10.8. The molecule has 0 saturated carbocycles. The smallest absolute Gasteiger partial charge is 0.319 e. The number of nitrogens with one attached hydrogen (secondary N) is 2. The summed E-state index contributed by atoms with van der Waals surface area (Å²) >= 11 is 0. The first kappa shape index (κ1) is 14.0. The van der Waals surface area contributed by atoms with Crippen molar-refractivity contribution in [3.05, 3.63) is 65.5 Å². The molecule has 0 aliphatic carbocycles. The Morgan fingerprint density at radius 1 is 1.10 bits per heavy atom. The molecular weight excluding hydrogens is 259 g/mol. The Labute approximate surface area is 116 Å². The molecule has 2 aromatic carbocycles. The molecule has 0 fully saturated rings. The molecule has 2 rings (SSSR count). The summed E-state index contributed by atoms with van der Waals surface area (Å²) in [6.07, 6.45) is 0. The van der Waals surface area contributed by atoms with Gasteiger partial charge in [-0.05, 0) is 35.4 Å². The van der Waals surface area contributed by atoms with Gasteiger partial charge in [-0.2, -0.15) is 0 Å². The minimum absolute atomic E-state index is 0.0321. The number of amides is 2. The molecular formula is C15H15FN2O2. The van der Waals surface area contributed by atoms with Crippen molar-refractivity contribution in [2.45, 2.75) is 13.2 Å². The third-order valence-corrected chi connectivity index (χ3v) is 2.73. The van der Waals surface area contributed by atoms with Gasteiger partial charge in [0.2, 0.25) is 0 Å². The minimum Gasteiger partial charge on any atom is -0.392 e. The number of carbonyl (C=O) groups is 1. The fourth-order valence-electron chi connectivity index (χ4n) is 1.73. The average molecular weight is 274 g/mol. The fraction of sp³-hybridized carbons (Fsp3) is 0.133. The molecule has 20 heavy (non-hydrogen) atoms. The molecule has 104 valence electrons. The summed E-state index contributed by atoms with van der Waals surface area (Å²) in [5.41, 5.74) is 2.21. The van der Waals surface area contributed by atoms with Crippen LogP contribution in [-0.2, 0) is 13.2 Å². The van der Waals surface area contributed by atoms with E-state index >= 15 is 0 Å². The van der Waals surface area contributed by atoms with Crippen LogP contribution in [0.4, 0.5) is 14.9 Å². The van der Waals surface area contributed by atoms with Gasteiger partial charge in [0.15, 0.2) is 0 Å². The molecule has 0 heterocycles. The van der Waals surface area contributed by atoms with E-state index in [4.69, 9.17) is 5.11 Å². The summed E-state index contributed by atoms with van der Waals surface area (Å²) in [4.78, 5) is 11.7. The van der Waals surface area contributed by atoms with E-state index in [2.05, 4.69) is 10.6 Å². The largest absolute Gasteiger partial charge is 0.392 e. The number of aliphatic hydroxyl groups excluding tert-OH is 1. The van der Waals surface area contributed by atoms with Crippen LogP contribution in [0.2, 0.25) is 0 Å². The van der Waals surface area contributed by atoms with Gasteiger partial charge in [0.25, 0.3) is 0 Å². The molecule has 4 nitrogen and oxygen atoms in total. The first-order valence-corrected chi connectivity index (χ1v) is 6.16. The Balaban J connectivity index is 1.87. The van der Waals surface area contributed by atoms with E-state index in [-0.39, 0.29) is 18.5 Å². The lowest BCUT2D eigenvalue weighted by Crippen LogP contribution is -2.28. The number of rotatable bonds is 4. The monoisotopic (exact) mass is 274 g/mol. The molecule has 2 aromatic rings. The Bertz CT molecular complexity index is 585. The van der Waals surface area contributed by atoms with Crippen LogP contribution in [0.15, 0.2) is 48.5 Å². The van der Waals surface area contributed by atoms with Crippen LogP contribution in [-0.4, -0.2) is 11.1 Å². The highest BCUT2D eigenvalue weighted by Gasteiger charge is 2.02. The predicted molar refractivity (Wildman–Crippen MR) is 74.6 cm³/mol. The average Bonchev–Trinajstić information content (AvgIpc) is 2.48. The normalized spacial score (nSPS) is 10.1. The molecule has 3 N–H and O–H groups in total. The number of anilines is 1. The van der Waals surface area contributed by atoms with Gasteiger partial charge < -0.3 is 15.7 Å². The molecule has 0 radical (unpaired) electrons. The first-order chi connectivity index (χ1) is 9.67. The van der Waals surface area contributed by atoms with E-state index in [9.17, 15) is 9.18 Å². The summed E-state index contributed by atoms with van der Waals surface area (Å²) in [6.45, 7) is 0.316. The standard InChI is InChI=1S/C15H15FN2O2/c16-13-4-6-14(7-5-13)18-15(20)17-9-11-2-1-3-12(8-11)10-19/h1-8,19H,9-10H2,(H2,17,18,20). The zero-order chi connectivity index (χ0) is 14.4. The van der Waals surface area contributed by atoms with Crippen LogP contribution in [0, 0.1) is 5.82 Å². The Morgan fingerprint density at radius 3 is 2.50 bits per heavy atom. The van der Waals surface area contributed by atoms with E-state index in [0.717, 1.165) is 11.1 Å². The Kier molecular flexibility index (Phi) is 4.68. The van der Waals surface area contributed by atoms with Gasteiger partial charge >= 0.3 is 6.03 Å². The van der Waals surface area contributed by atoms with Crippen molar-refractivity contribution in [2.75, 3.05) is 5.32 Å². The highest BCUT2D eigenvalue weighted by molar-refractivity contribution is 5.89. The van der Waals surface area contributed by atoms with Crippen LogP contribution < -0.4 is 10.6 Å². The van der Waals surface area contributed by atoms with E-state index in [1.165, 1.54) is 24.3 Å². The number of benzene rings is 2. The van der Waals surface area contributed by atoms with Crippen molar-refractivity contribution in [3.63, 3.8) is 0 Å². The summed E-state index contributed by atoms with van der Waals surface area (Å²) in [5, 5.41) is 14.3. The molecule has 2 amide bonds. The van der Waals surface area contributed by atoms with Gasteiger partial charge in [-0.15, -0.1) is 0 Å². The van der Waals surface area contributed by atoms with E-state index in [1.807, 2.05) is 24.3 Å². The molecule has 0 unspecified atom stereocenters. The van der Waals surface area contributed by atoms with Crippen molar-refractivity contribution < 1.29 is 14.3 Å². The van der Waals surface area contributed by atoms with Gasteiger partial charge in [-0.1, -0.05) is 24.3 Å². The van der Waals surface area contributed by atoms with Crippen molar-refractivity contribution >= 4 is 11.7 Å². The molecule has 0 aliphatic rings. The molecule has 0 spiro atoms. The number of hydrogen-bond donors (Lipinski definition) is 3. The maximum atomic E-state index is 12.7. The predicted octanol–water partition coefficient (Wildman–Crippen LogP) is 2.64. The maximum absolute atomic E-state index is 12.7. The van der Waals surface area contributed by atoms with Crippen LogP contribution in [0.25, 0.3) is 0 Å². The number of aliphatic hydroxyl groups is 1. The summed E-state index contributed by atoms with van der Waals surface area (Å²) in [5.74, 6) is -0.350. The molecule has 0 bridgehead atoms. The minimum atomic E-state index is -0.369. The third-order valence-electron chi connectivity index (χ3n) is 2.73. The van der Waals surface area contributed by atoms with Gasteiger partial charge in [-0.3, -0.25) is 0 Å². The van der Waals surface area contributed by atoms with Crippen LogP contribution in [0.1, 0.15) is 11.1 Å². The van der Waals surface area contributed by atoms with E-state index < -0.39 is 0 Å². The summed E-state index contributed by atoms with van der Waals surface area (Å²) in [6, 6.07) is 12.5. The number of urea groups is 1. The van der Waals surface area contributed by atoms with Crippen molar-refractivity contribution in [3.8, 4) is 0 Å². The molecule has 0 saturated heterocycles. The SMILES string of the molecule is O=C(NCc1cccc(CO)c1)Nc1ccc(F)cc1.